The van der Waals surface area contributed by atoms with Crippen LogP contribution in [0.5, 0.6) is 0 Å². The number of benzene rings is 1. The number of aromatic amines is 1. The summed E-state index contributed by atoms with van der Waals surface area (Å²) < 4.78 is 0. The normalized spacial score (nSPS) is 12.2. The Hall–Kier alpha value is -2.30. The Morgan fingerprint density at radius 3 is 2.85 bits per heavy atom. The Morgan fingerprint density at radius 1 is 1.35 bits per heavy atom. The predicted molar refractivity (Wildman–Crippen MR) is 76.7 cm³/mol. The summed E-state index contributed by atoms with van der Waals surface area (Å²) in [4.78, 5) is 26.1. The highest BCUT2D eigenvalue weighted by atomic mass is 16.4. The summed E-state index contributed by atoms with van der Waals surface area (Å²) >= 11 is 0. The lowest BCUT2D eigenvalue weighted by atomic mass is 10.0. The molecule has 1 unspecified atom stereocenters. The van der Waals surface area contributed by atoms with E-state index in [2.05, 4.69) is 10.3 Å². The highest BCUT2D eigenvalue weighted by Gasteiger charge is 2.17. The van der Waals surface area contributed by atoms with Gasteiger partial charge in [-0.05, 0) is 30.0 Å². The van der Waals surface area contributed by atoms with Gasteiger partial charge in [0.15, 0.2) is 0 Å². The van der Waals surface area contributed by atoms with E-state index < -0.39 is 11.9 Å². The van der Waals surface area contributed by atoms with E-state index in [0.29, 0.717) is 12.0 Å². The first-order valence-corrected chi connectivity index (χ1v) is 6.70. The van der Waals surface area contributed by atoms with Gasteiger partial charge in [0.2, 0.25) is 0 Å². The first-order chi connectivity index (χ1) is 9.61. The number of fused-ring (bicyclic) bond motifs is 1. The molecule has 2 aromatic rings. The number of nitrogens with one attached hydrogen (secondary N) is 2. The summed E-state index contributed by atoms with van der Waals surface area (Å²) in [5, 5.41) is 12.8. The number of hydrogen-bond acceptors (Lipinski definition) is 2. The van der Waals surface area contributed by atoms with Crippen LogP contribution in [0, 0.1) is 5.92 Å². The molecular formula is C15H18N2O3. The third-order valence-corrected chi connectivity index (χ3v) is 3.31. The van der Waals surface area contributed by atoms with Crippen LogP contribution in [0.2, 0.25) is 0 Å². The minimum absolute atomic E-state index is 0.158. The number of aliphatic carboxylic acids is 1. The molecule has 0 aliphatic heterocycles. The molecule has 1 aromatic carbocycles. The van der Waals surface area contributed by atoms with Gasteiger partial charge in [-0.2, -0.15) is 0 Å². The van der Waals surface area contributed by atoms with Crippen LogP contribution < -0.4 is 5.32 Å². The Kier molecular flexibility index (Phi) is 4.40. The van der Waals surface area contributed by atoms with Crippen molar-refractivity contribution in [3.63, 3.8) is 0 Å². The average Bonchev–Trinajstić information content (AvgIpc) is 2.89. The van der Waals surface area contributed by atoms with Crippen molar-refractivity contribution in [3.8, 4) is 0 Å². The summed E-state index contributed by atoms with van der Waals surface area (Å²) in [5.74, 6) is -1.64. The smallest absolute Gasteiger partial charge is 0.308 e. The van der Waals surface area contributed by atoms with Crippen molar-refractivity contribution in [2.45, 2.75) is 19.8 Å². The van der Waals surface area contributed by atoms with Gasteiger partial charge < -0.3 is 15.4 Å². The highest BCUT2D eigenvalue weighted by molar-refractivity contribution is 5.98. The molecule has 3 N–H and O–H groups in total. The number of H-pyrrole nitrogens is 1. The molecule has 5 nitrogen and oxygen atoms in total. The van der Waals surface area contributed by atoms with Gasteiger partial charge in [-0.3, -0.25) is 9.59 Å². The van der Waals surface area contributed by atoms with E-state index in [-0.39, 0.29) is 12.5 Å². The van der Waals surface area contributed by atoms with Crippen molar-refractivity contribution in [1.82, 2.24) is 10.3 Å². The highest BCUT2D eigenvalue weighted by Crippen LogP contribution is 2.14. The molecule has 0 spiro atoms. The number of rotatable bonds is 6. The van der Waals surface area contributed by atoms with E-state index in [1.54, 1.807) is 12.1 Å². The van der Waals surface area contributed by atoms with E-state index in [1.165, 1.54) is 0 Å². The number of hydrogen-bond donors (Lipinski definition) is 3. The number of amides is 1. The Labute approximate surface area is 117 Å². The number of carbonyl (C=O) groups is 2. The molecule has 0 radical (unpaired) electrons. The molecule has 1 aromatic heterocycles. The number of carbonyl (C=O) groups excluding carboxylic acids is 1. The largest absolute Gasteiger partial charge is 0.481 e. The molecule has 0 bridgehead atoms. The predicted octanol–water partition coefficient (Wildman–Crippen LogP) is 2.40. The minimum atomic E-state index is -0.869. The summed E-state index contributed by atoms with van der Waals surface area (Å²) in [7, 11) is 0. The van der Waals surface area contributed by atoms with Crippen LogP contribution in [0.25, 0.3) is 10.9 Å². The molecular weight excluding hydrogens is 256 g/mol. The number of carboxylic acids is 1. The van der Waals surface area contributed by atoms with E-state index in [9.17, 15) is 9.59 Å². The molecule has 1 atom stereocenters. The molecule has 0 saturated heterocycles. The maximum Gasteiger partial charge on any atom is 0.308 e. The quantitative estimate of drug-likeness (QED) is 0.756. The molecule has 2 rings (SSSR count). The first kappa shape index (κ1) is 14.1. The number of carboxylic acid groups (broad SMARTS) is 1. The lowest BCUT2D eigenvalue weighted by molar-refractivity contribution is -0.141. The fraction of sp³-hybridized carbons (Fsp3) is 0.333. The minimum Gasteiger partial charge on any atom is -0.481 e. The average molecular weight is 274 g/mol. The zero-order chi connectivity index (χ0) is 14.5. The molecule has 5 heteroatoms. The second-order valence-corrected chi connectivity index (χ2v) is 4.81. The van der Waals surface area contributed by atoms with Crippen LogP contribution in [0.4, 0.5) is 0 Å². The van der Waals surface area contributed by atoms with Gasteiger partial charge in [0.05, 0.1) is 5.92 Å². The molecule has 0 aliphatic rings. The van der Waals surface area contributed by atoms with Gasteiger partial charge in [-0.25, -0.2) is 0 Å². The maximum absolute atomic E-state index is 12.0. The van der Waals surface area contributed by atoms with Crippen molar-refractivity contribution in [3.05, 3.63) is 36.0 Å². The van der Waals surface area contributed by atoms with Crippen molar-refractivity contribution in [1.29, 1.82) is 0 Å². The van der Waals surface area contributed by atoms with Gasteiger partial charge in [-0.15, -0.1) is 0 Å². The molecule has 1 amide bonds. The topological polar surface area (TPSA) is 82.2 Å². The summed E-state index contributed by atoms with van der Waals surface area (Å²) in [6, 6.07) is 7.29. The monoisotopic (exact) mass is 274 g/mol. The Balaban J connectivity index is 2.02. The zero-order valence-electron chi connectivity index (χ0n) is 11.3. The molecule has 0 aliphatic carbocycles. The fourth-order valence-corrected chi connectivity index (χ4v) is 2.17. The molecule has 0 saturated carbocycles. The van der Waals surface area contributed by atoms with Crippen LogP contribution in [0.15, 0.2) is 30.5 Å². The van der Waals surface area contributed by atoms with Crippen molar-refractivity contribution in [2.75, 3.05) is 6.54 Å². The lowest BCUT2D eigenvalue weighted by Crippen LogP contribution is -2.32. The second-order valence-electron chi connectivity index (χ2n) is 4.81. The van der Waals surface area contributed by atoms with Crippen LogP contribution in [0.3, 0.4) is 0 Å². The maximum atomic E-state index is 12.0. The van der Waals surface area contributed by atoms with E-state index in [4.69, 9.17) is 5.11 Å². The van der Waals surface area contributed by atoms with Crippen molar-refractivity contribution >= 4 is 22.8 Å². The Morgan fingerprint density at radius 2 is 2.15 bits per heavy atom. The van der Waals surface area contributed by atoms with Crippen LogP contribution in [-0.4, -0.2) is 28.5 Å². The van der Waals surface area contributed by atoms with Crippen LogP contribution >= 0.6 is 0 Å². The van der Waals surface area contributed by atoms with Gasteiger partial charge in [-0.1, -0.05) is 19.4 Å². The van der Waals surface area contributed by atoms with Crippen LogP contribution in [0.1, 0.15) is 30.1 Å². The van der Waals surface area contributed by atoms with Crippen molar-refractivity contribution in [2.24, 2.45) is 5.92 Å². The van der Waals surface area contributed by atoms with Gasteiger partial charge in [0.1, 0.15) is 0 Å². The fourth-order valence-electron chi connectivity index (χ4n) is 2.17. The second kappa shape index (κ2) is 6.23. The Bertz CT molecular complexity index is 618. The van der Waals surface area contributed by atoms with Gasteiger partial charge in [0.25, 0.3) is 5.91 Å². The molecule has 20 heavy (non-hydrogen) atoms. The van der Waals surface area contributed by atoms with E-state index in [1.807, 2.05) is 25.3 Å². The summed E-state index contributed by atoms with van der Waals surface area (Å²) in [5.41, 5.74) is 1.42. The summed E-state index contributed by atoms with van der Waals surface area (Å²) in [6.07, 6.45) is 3.15. The third-order valence-electron chi connectivity index (χ3n) is 3.31. The SMILES string of the molecule is CCCC(CNC(=O)c1ccc2cc[nH]c2c1)C(=O)O. The summed E-state index contributed by atoms with van der Waals surface area (Å²) in [6.45, 7) is 2.09. The van der Waals surface area contributed by atoms with Crippen molar-refractivity contribution < 1.29 is 14.7 Å². The zero-order valence-corrected chi connectivity index (χ0v) is 11.3. The standard InChI is InChI=1S/C15H18N2O3/c1-2-3-12(15(19)20)9-17-14(18)11-5-4-10-6-7-16-13(10)8-11/h4-8,12,16H,2-3,9H2,1H3,(H,17,18)(H,19,20). The first-order valence-electron chi connectivity index (χ1n) is 6.70. The lowest BCUT2D eigenvalue weighted by Gasteiger charge is -2.12. The van der Waals surface area contributed by atoms with Crippen LogP contribution in [-0.2, 0) is 4.79 Å². The third kappa shape index (κ3) is 3.17. The number of aromatic nitrogens is 1. The van der Waals surface area contributed by atoms with E-state index >= 15 is 0 Å². The van der Waals surface area contributed by atoms with Gasteiger partial charge in [0, 0.05) is 23.8 Å². The molecule has 106 valence electrons. The van der Waals surface area contributed by atoms with Gasteiger partial charge >= 0.3 is 5.97 Å². The van der Waals surface area contributed by atoms with E-state index in [0.717, 1.165) is 17.3 Å². The molecule has 0 fully saturated rings. The molecule has 1 heterocycles.